The lowest BCUT2D eigenvalue weighted by molar-refractivity contribution is -0.150. The lowest BCUT2D eigenvalue weighted by Crippen LogP contribution is -2.45. The summed E-state index contributed by atoms with van der Waals surface area (Å²) in [5.74, 6) is -2.03. The van der Waals surface area contributed by atoms with Gasteiger partial charge in [-0.2, -0.15) is 0 Å². The van der Waals surface area contributed by atoms with E-state index in [-0.39, 0.29) is 24.7 Å². The molecule has 0 saturated heterocycles. The first-order chi connectivity index (χ1) is 14.6. The van der Waals surface area contributed by atoms with Crippen LogP contribution >= 0.6 is 0 Å². The maximum absolute atomic E-state index is 13.2. The number of ether oxygens (including phenoxy) is 1. The lowest BCUT2D eigenvalue weighted by atomic mass is 9.89. The molecule has 1 unspecified atom stereocenters. The Labute approximate surface area is 173 Å². The second-order valence-electron chi connectivity index (χ2n) is 7.12. The molecule has 152 valence electrons. The van der Waals surface area contributed by atoms with Crippen molar-refractivity contribution in [2.45, 2.75) is 25.6 Å². The smallest absolute Gasteiger partial charge is 0.357 e. The van der Waals surface area contributed by atoms with Gasteiger partial charge in [0.25, 0.3) is 11.6 Å². The number of aliphatic imine (C=N–C) groups is 2. The molecule has 0 aromatic heterocycles. The van der Waals surface area contributed by atoms with Crippen LogP contribution in [-0.2, 0) is 22.5 Å². The van der Waals surface area contributed by atoms with Gasteiger partial charge in [0.2, 0.25) is 0 Å². The molecule has 1 aliphatic carbocycles. The monoisotopic (exact) mass is 403 g/mol. The number of esters is 1. The maximum atomic E-state index is 13.2. The highest BCUT2D eigenvalue weighted by atomic mass is 16.5. The van der Waals surface area contributed by atoms with E-state index in [4.69, 9.17) is 4.74 Å². The van der Waals surface area contributed by atoms with Crippen LogP contribution in [0.1, 0.15) is 38.8 Å². The van der Waals surface area contributed by atoms with Gasteiger partial charge in [-0.25, -0.2) is 14.8 Å². The molecule has 1 amide bonds. The fourth-order valence-electron chi connectivity index (χ4n) is 3.93. The van der Waals surface area contributed by atoms with Crippen molar-refractivity contribution >= 4 is 30.1 Å². The van der Waals surface area contributed by atoms with Crippen LogP contribution in [0.25, 0.3) is 0 Å². The molecular formula is C23H21N3O4. The standard InChI is InChI=1S/C23H21N3O4/c1-2-30-22(29)23(25-11-12-26-23)19-13-18-16(20(19)27)9-6-10-17(18)21(28)24-14-15-7-4-3-5-8-15/h3-12,19H,2,13-14H2,1H3,(H,24,28). The number of fused-ring (bicyclic) bond motifs is 1. The molecule has 4 rings (SSSR count). The summed E-state index contributed by atoms with van der Waals surface area (Å²) in [6, 6.07) is 14.6. The summed E-state index contributed by atoms with van der Waals surface area (Å²) in [4.78, 5) is 47.1. The average molecular weight is 403 g/mol. The summed E-state index contributed by atoms with van der Waals surface area (Å²) in [5.41, 5.74) is 0.809. The van der Waals surface area contributed by atoms with E-state index in [1.165, 1.54) is 12.4 Å². The van der Waals surface area contributed by atoms with E-state index in [9.17, 15) is 14.4 Å². The van der Waals surface area contributed by atoms with E-state index < -0.39 is 17.6 Å². The van der Waals surface area contributed by atoms with E-state index in [2.05, 4.69) is 15.3 Å². The SMILES string of the molecule is CCOC(=O)C1(C2Cc3c(C(=O)NCc4ccccc4)cccc3C2=O)N=CC=N1. The number of benzene rings is 2. The predicted molar refractivity (Wildman–Crippen MR) is 112 cm³/mol. The number of carbonyl (C=O) groups excluding carboxylic acids is 3. The van der Waals surface area contributed by atoms with Gasteiger partial charge >= 0.3 is 5.97 Å². The number of carbonyl (C=O) groups is 3. The fourth-order valence-corrected chi connectivity index (χ4v) is 3.93. The van der Waals surface area contributed by atoms with Crippen molar-refractivity contribution in [2.24, 2.45) is 15.9 Å². The number of hydrogen-bond donors (Lipinski definition) is 1. The lowest BCUT2D eigenvalue weighted by Gasteiger charge is -2.26. The Morgan fingerprint density at radius 1 is 1.10 bits per heavy atom. The van der Waals surface area contributed by atoms with Crippen LogP contribution in [0.2, 0.25) is 0 Å². The van der Waals surface area contributed by atoms with Gasteiger partial charge in [-0.3, -0.25) is 9.59 Å². The van der Waals surface area contributed by atoms with Crippen molar-refractivity contribution in [2.75, 3.05) is 6.61 Å². The maximum Gasteiger partial charge on any atom is 0.357 e. The quantitative estimate of drug-likeness (QED) is 0.749. The summed E-state index contributed by atoms with van der Waals surface area (Å²) < 4.78 is 5.16. The summed E-state index contributed by atoms with van der Waals surface area (Å²) >= 11 is 0. The molecule has 1 aliphatic heterocycles. The predicted octanol–water partition coefficient (Wildman–Crippen LogP) is 2.39. The van der Waals surface area contributed by atoms with E-state index in [0.717, 1.165) is 5.56 Å². The molecule has 0 saturated carbocycles. The minimum atomic E-state index is -1.62. The summed E-state index contributed by atoms with van der Waals surface area (Å²) in [6.07, 6.45) is 3.00. The zero-order valence-electron chi connectivity index (χ0n) is 16.5. The number of rotatable bonds is 6. The molecule has 1 N–H and O–H groups in total. The fraction of sp³-hybridized carbons (Fsp3) is 0.261. The third-order valence-corrected chi connectivity index (χ3v) is 5.38. The number of nitrogens with one attached hydrogen (secondary N) is 1. The van der Waals surface area contributed by atoms with Crippen molar-refractivity contribution in [3.63, 3.8) is 0 Å². The molecule has 7 heteroatoms. The second kappa shape index (κ2) is 8.02. The largest absolute Gasteiger partial charge is 0.463 e. The zero-order valence-corrected chi connectivity index (χ0v) is 16.5. The van der Waals surface area contributed by atoms with Crippen LogP contribution in [0.15, 0.2) is 58.5 Å². The molecule has 1 atom stereocenters. The molecular weight excluding hydrogens is 382 g/mol. The van der Waals surface area contributed by atoms with Crippen LogP contribution < -0.4 is 5.32 Å². The average Bonchev–Trinajstić information content (AvgIpc) is 3.39. The number of hydrogen-bond acceptors (Lipinski definition) is 6. The zero-order chi connectivity index (χ0) is 21.1. The first kappa shape index (κ1) is 19.7. The number of Topliss-reactive ketones (excluding diaryl/α,β-unsaturated/α-hetero) is 1. The molecule has 2 aromatic rings. The van der Waals surface area contributed by atoms with Crippen molar-refractivity contribution < 1.29 is 19.1 Å². The minimum absolute atomic E-state index is 0.159. The van der Waals surface area contributed by atoms with Gasteiger partial charge in [0.15, 0.2) is 5.78 Å². The molecule has 0 fully saturated rings. The van der Waals surface area contributed by atoms with Crippen molar-refractivity contribution in [3.8, 4) is 0 Å². The van der Waals surface area contributed by atoms with E-state index >= 15 is 0 Å². The van der Waals surface area contributed by atoms with Crippen molar-refractivity contribution in [3.05, 3.63) is 70.8 Å². The van der Waals surface area contributed by atoms with Gasteiger partial charge in [-0.05, 0) is 30.5 Å². The van der Waals surface area contributed by atoms with Crippen molar-refractivity contribution in [1.82, 2.24) is 5.32 Å². The Morgan fingerprint density at radius 2 is 1.83 bits per heavy atom. The van der Waals surface area contributed by atoms with Crippen LogP contribution in [0.4, 0.5) is 0 Å². The molecule has 1 heterocycles. The van der Waals surface area contributed by atoms with E-state index in [0.29, 0.717) is 23.2 Å². The Morgan fingerprint density at radius 3 is 2.53 bits per heavy atom. The molecule has 7 nitrogen and oxygen atoms in total. The van der Waals surface area contributed by atoms with Gasteiger partial charge in [0.05, 0.1) is 12.5 Å². The molecule has 2 aliphatic rings. The minimum Gasteiger partial charge on any atom is -0.463 e. The third kappa shape index (κ3) is 3.32. The summed E-state index contributed by atoms with van der Waals surface area (Å²) in [5, 5.41) is 2.90. The van der Waals surface area contributed by atoms with Gasteiger partial charge in [0.1, 0.15) is 0 Å². The third-order valence-electron chi connectivity index (χ3n) is 5.38. The van der Waals surface area contributed by atoms with Gasteiger partial charge in [-0.1, -0.05) is 42.5 Å². The highest BCUT2D eigenvalue weighted by Gasteiger charge is 2.54. The Hall–Kier alpha value is -3.61. The highest BCUT2D eigenvalue weighted by molar-refractivity contribution is 6.20. The summed E-state index contributed by atoms with van der Waals surface area (Å²) in [6.45, 7) is 2.23. The normalized spacial score (nSPS) is 18.3. The molecule has 0 radical (unpaired) electrons. The van der Waals surface area contributed by atoms with Gasteiger partial charge < -0.3 is 10.1 Å². The van der Waals surface area contributed by atoms with E-state index in [1.807, 2.05) is 30.3 Å². The Kier molecular flexibility index (Phi) is 5.27. The van der Waals surface area contributed by atoms with Crippen LogP contribution in [0.3, 0.4) is 0 Å². The number of amides is 1. The highest BCUT2D eigenvalue weighted by Crippen LogP contribution is 2.40. The topological polar surface area (TPSA) is 97.2 Å². The first-order valence-electron chi connectivity index (χ1n) is 9.81. The van der Waals surface area contributed by atoms with Crippen LogP contribution in [0.5, 0.6) is 0 Å². The summed E-state index contributed by atoms with van der Waals surface area (Å²) in [7, 11) is 0. The molecule has 0 spiro atoms. The Balaban J connectivity index is 1.61. The van der Waals surface area contributed by atoms with Crippen molar-refractivity contribution in [1.29, 1.82) is 0 Å². The molecule has 2 aromatic carbocycles. The number of ketones is 1. The molecule has 0 bridgehead atoms. The first-order valence-corrected chi connectivity index (χ1v) is 9.81. The van der Waals surface area contributed by atoms with E-state index in [1.54, 1.807) is 25.1 Å². The molecule has 30 heavy (non-hydrogen) atoms. The van der Waals surface area contributed by atoms with Gasteiger partial charge in [-0.15, -0.1) is 0 Å². The number of nitrogens with zero attached hydrogens (tertiary/aromatic N) is 2. The van der Waals surface area contributed by atoms with Gasteiger partial charge in [0, 0.05) is 30.1 Å². The Bertz CT molecular complexity index is 1050. The van der Waals surface area contributed by atoms with Crippen LogP contribution in [-0.4, -0.2) is 42.4 Å². The van der Waals surface area contributed by atoms with Crippen LogP contribution in [0, 0.1) is 5.92 Å². The second-order valence-corrected chi connectivity index (χ2v) is 7.12.